The molecule has 0 aliphatic carbocycles. The van der Waals surface area contributed by atoms with Gasteiger partial charge in [-0.3, -0.25) is 4.79 Å². The number of benzene rings is 2. The van der Waals surface area contributed by atoms with Crippen LogP contribution in [0.4, 0.5) is 14.5 Å². The van der Waals surface area contributed by atoms with Crippen LogP contribution in [0.3, 0.4) is 0 Å². The average molecular weight is 342 g/mol. The Balaban J connectivity index is 2.29. The molecule has 0 saturated carbocycles. The zero-order valence-corrected chi connectivity index (χ0v) is 12.0. The van der Waals surface area contributed by atoms with Crippen molar-refractivity contribution in [3.63, 3.8) is 0 Å². The minimum atomic E-state index is -0.741. The van der Waals surface area contributed by atoms with Crippen molar-refractivity contribution >= 4 is 27.5 Å². The lowest BCUT2D eigenvalue weighted by atomic mass is 10.2. The summed E-state index contributed by atoms with van der Waals surface area (Å²) >= 11 is 3.12. The second kappa shape index (κ2) is 6.00. The smallest absolute Gasteiger partial charge is 0.258 e. The number of anilines is 1. The molecule has 20 heavy (non-hydrogen) atoms. The fourth-order valence-electron chi connectivity index (χ4n) is 1.61. The van der Waals surface area contributed by atoms with Crippen LogP contribution in [0.15, 0.2) is 40.9 Å². The van der Waals surface area contributed by atoms with E-state index >= 15 is 0 Å². The molecule has 0 spiro atoms. The van der Waals surface area contributed by atoms with Gasteiger partial charge in [-0.05, 0) is 40.2 Å². The molecule has 0 radical (unpaired) electrons. The summed E-state index contributed by atoms with van der Waals surface area (Å²) in [4.78, 5) is 12.0. The first-order valence-electron chi connectivity index (χ1n) is 5.62. The van der Waals surface area contributed by atoms with Crippen LogP contribution in [-0.2, 0) is 0 Å². The van der Waals surface area contributed by atoms with Crippen molar-refractivity contribution in [3.8, 4) is 5.75 Å². The van der Waals surface area contributed by atoms with Crippen molar-refractivity contribution in [3.05, 3.63) is 58.1 Å². The molecule has 1 amide bonds. The fraction of sp³-hybridized carbons (Fsp3) is 0.0714. The number of hydrogen-bond donors (Lipinski definition) is 1. The van der Waals surface area contributed by atoms with E-state index in [4.69, 9.17) is 4.74 Å². The summed E-state index contributed by atoms with van der Waals surface area (Å²) in [5.41, 5.74) is -0.228. The van der Waals surface area contributed by atoms with E-state index in [1.165, 1.54) is 31.4 Å². The molecule has 0 unspecified atom stereocenters. The van der Waals surface area contributed by atoms with Crippen LogP contribution >= 0.6 is 15.9 Å². The van der Waals surface area contributed by atoms with E-state index in [-0.39, 0.29) is 11.3 Å². The molecule has 3 nitrogen and oxygen atoms in total. The van der Waals surface area contributed by atoms with Gasteiger partial charge < -0.3 is 10.1 Å². The Labute approximate surface area is 122 Å². The predicted molar refractivity (Wildman–Crippen MR) is 75.0 cm³/mol. The lowest BCUT2D eigenvalue weighted by molar-refractivity contribution is 0.102. The lowest BCUT2D eigenvalue weighted by Gasteiger charge is -2.09. The Hall–Kier alpha value is -1.95. The third-order valence-corrected chi connectivity index (χ3v) is 3.28. The molecule has 6 heteroatoms. The first kappa shape index (κ1) is 14.5. The maximum Gasteiger partial charge on any atom is 0.258 e. The van der Waals surface area contributed by atoms with Gasteiger partial charge in [0.25, 0.3) is 5.91 Å². The van der Waals surface area contributed by atoms with Crippen molar-refractivity contribution in [2.24, 2.45) is 0 Å². The molecule has 2 rings (SSSR count). The highest BCUT2D eigenvalue weighted by atomic mass is 79.9. The minimum absolute atomic E-state index is 0.0345. The summed E-state index contributed by atoms with van der Waals surface area (Å²) < 4.78 is 32.6. The molecule has 0 saturated heterocycles. The second-order valence-electron chi connectivity index (χ2n) is 3.90. The van der Waals surface area contributed by atoms with Gasteiger partial charge in [-0.1, -0.05) is 6.07 Å². The predicted octanol–water partition coefficient (Wildman–Crippen LogP) is 3.99. The zero-order chi connectivity index (χ0) is 14.7. The van der Waals surface area contributed by atoms with E-state index in [1.54, 1.807) is 6.07 Å². The molecule has 104 valence electrons. The molecule has 0 heterocycles. The summed E-state index contributed by atoms with van der Waals surface area (Å²) in [6, 6.07) is 8.08. The summed E-state index contributed by atoms with van der Waals surface area (Å²) in [6.45, 7) is 0. The van der Waals surface area contributed by atoms with Crippen molar-refractivity contribution < 1.29 is 18.3 Å². The zero-order valence-electron chi connectivity index (χ0n) is 10.4. The van der Waals surface area contributed by atoms with Crippen molar-refractivity contribution in [2.45, 2.75) is 0 Å². The first-order chi connectivity index (χ1) is 9.52. The molecule has 0 fully saturated rings. The third kappa shape index (κ3) is 2.96. The van der Waals surface area contributed by atoms with E-state index in [2.05, 4.69) is 21.2 Å². The van der Waals surface area contributed by atoms with Crippen LogP contribution in [0, 0.1) is 11.6 Å². The van der Waals surface area contributed by atoms with E-state index in [0.29, 0.717) is 10.2 Å². The molecule has 0 atom stereocenters. The Morgan fingerprint density at radius 1 is 1.20 bits per heavy atom. The van der Waals surface area contributed by atoms with E-state index < -0.39 is 17.5 Å². The van der Waals surface area contributed by atoms with Gasteiger partial charge in [-0.15, -0.1) is 0 Å². The summed E-state index contributed by atoms with van der Waals surface area (Å²) in [7, 11) is 1.39. The highest BCUT2D eigenvalue weighted by Crippen LogP contribution is 2.26. The molecular weight excluding hydrogens is 332 g/mol. The molecule has 0 bridgehead atoms. The van der Waals surface area contributed by atoms with Crippen LogP contribution in [-0.4, -0.2) is 13.0 Å². The number of rotatable bonds is 3. The van der Waals surface area contributed by atoms with Gasteiger partial charge in [-0.2, -0.15) is 0 Å². The monoisotopic (exact) mass is 341 g/mol. The van der Waals surface area contributed by atoms with E-state index in [1.807, 2.05) is 0 Å². The van der Waals surface area contributed by atoms with Crippen molar-refractivity contribution in [1.82, 2.24) is 0 Å². The van der Waals surface area contributed by atoms with Crippen molar-refractivity contribution in [1.29, 1.82) is 0 Å². The van der Waals surface area contributed by atoms with Crippen LogP contribution in [0.2, 0.25) is 0 Å². The highest BCUT2D eigenvalue weighted by Gasteiger charge is 2.16. The number of hydrogen-bond acceptors (Lipinski definition) is 2. The van der Waals surface area contributed by atoms with Gasteiger partial charge in [0.1, 0.15) is 17.4 Å². The van der Waals surface area contributed by atoms with Gasteiger partial charge in [0.15, 0.2) is 0 Å². The molecule has 1 N–H and O–H groups in total. The molecule has 2 aromatic rings. The first-order valence-corrected chi connectivity index (χ1v) is 6.41. The van der Waals surface area contributed by atoms with E-state index in [0.717, 1.165) is 6.07 Å². The number of halogens is 3. The number of methoxy groups -OCH3 is 1. The largest absolute Gasteiger partial charge is 0.497 e. The summed E-state index contributed by atoms with van der Waals surface area (Å²) in [6.07, 6.45) is 0. The van der Waals surface area contributed by atoms with Crippen LogP contribution in [0.1, 0.15) is 10.4 Å². The lowest BCUT2D eigenvalue weighted by Crippen LogP contribution is -2.15. The number of ether oxygens (including phenoxy) is 1. The van der Waals surface area contributed by atoms with Crippen molar-refractivity contribution in [2.75, 3.05) is 12.4 Å². The number of carbonyl (C=O) groups excluding carboxylic acids is 1. The van der Waals surface area contributed by atoms with E-state index in [9.17, 15) is 13.6 Å². The topological polar surface area (TPSA) is 38.3 Å². The quantitative estimate of drug-likeness (QED) is 0.916. The Morgan fingerprint density at radius 3 is 2.55 bits per heavy atom. The summed E-state index contributed by atoms with van der Waals surface area (Å²) in [5.74, 6) is -1.79. The molecule has 0 aliphatic rings. The standard InChI is InChI=1S/C14H10BrF2NO2/c1-20-8-5-6-9(12(17)7-8)14(19)18-13-10(15)3-2-4-11(13)16/h2-7H,1H3,(H,18,19). The molecule has 0 aromatic heterocycles. The second-order valence-corrected chi connectivity index (χ2v) is 4.75. The van der Waals surface area contributed by atoms with Gasteiger partial charge in [0.2, 0.25) is 0 Å². The van der Waals surface area contributed by atoms with Crippen LogP contribution < -0.4 is 10.1 Å². The molecular formula is C14H10BrF2NO2. The van der Waals surface area contributed by atoms with Gasteiger partial charge in [-0.25, -0.2) is 8.78 Å². The number of carbonyl (C=O) groups is 1. The Bertz CT molecular complexity index is 641. The van der Waals surface area contributed by atoms with Gasteiger partial charge in [0, 0.05) is 10.5 Å². The van der Waals surface area contributed by atoms with Crippen LogP contribution in [0.25, 0.3) is 0 Å². The molecule has 2 aromatic carbocycles. The maximum absolute atomic E-state index is 13.7. The van der Waals surface area contributed by atoms with Gasteiger partial charge in [0.05, 0.1) is 18.4 Å². The highest BCUT2D eigenvalue weighted by molar-refractivity contribution is 9.10. The summed E-state index contributed by atoms with van der Waals surface area (Å²) in [5, 5.41) is 2.33. The number of amides is 1. The number of nitrogens with one attached hydrogen (secondary N) is 1. The average Bonchev–Trinajstić information content (AvgIpc) is 2.42. The normalized spacial score (nSPS) is 10.2. The fourth-order valence-corrected chi connectivity index (χ4v) is 2.05. The molecule has 0 aliphatic heterocycles. The number of para-hydroxylation sites is 1. The Kier molecular flexibility index (Phi) is 4.34. The minimum Gasteiger partial charge on any atom is -0.497 e. The van der Waals surface area contributed by atoms with Crippen LogP contribution in [0.5, 0.6) is 5.75 Å². The van der Waals surface area contributed by atoms with Gasteiger partial charge >= 0.3 is 0 Å². The SMILES string of the molecule is COc1ccc(C(=O)Nc2c(F)cccc2Br)c(F)c1. The maximum atomic E-state index is 13.7. The Morgan fingerprint density at radius 2 is 1.95 bits per heavy atom. The third-order valence-electron chi connectivity index (χ3n) is 2.62.